The summed E-state index contributed by atoms with van der Waals surface area (Å²) < 4.78 is 0. The van der Waals surface area contributed by atoms with E-state index < -0.39 is 0 Å². The molecule has 6 nitrogen and oxygen atoms in total. The number of hydrogen-bond acceptors (Lipinski definition) is 4. The average Bonchev–Trinajstić information content (AvgIpc) is 2.45. The van der Waals surface area contributed by atoms with Crippen molar-refractivity contribution in [1.82, 2.24) is 20.9 Å². The first-order valence-corrected chi connectivity index (χ1v) is 7.32. The van der Waals surface area contributed by atoms with Crippen molar-refractivity contribution in [3.05, 3.63) is 0 Å². The molecule has 20 heavy (non-hydrogen) atoms. The first kappa shape index (κ1) is 16.9. The maximum atomic E-state index is 12.4. The summed E-state index contributed by atoms with van der Waals surface area (Å²) in [6, 6.07) is -0.607. The number of nitrogens with zero attached hydrogens (tertiary/aromatic N) is 1. The summed E-state index contributed by atoms with van der Waals surface area (Å²) in [4.78, 5) is 26.3. The van der Waals surface area contributed by atoms with E-state index in [1.54, 1.807) is 7.05 Å². The standard InChI is InChI=1S/C14H28N4O2/c1-6-14(3,4)17-12(19)10(2)18-8-7-16-9-11(18)13(20)15-5/h10-11,16H,6-9H2,1-5H3,(H,15,20)(H,17,19). The van der Waals surface area contributed by atoms with Crippen molar-refractivity contribution < 1.29 is 9.59 Å². The zero-order chi connectivity index (χ0) is 15.3. The number of hydrogen-bond donors (Lipinski definition) is 3. The number of rotatable bonds is 5. The van der Waals surface area contributed by atoms with Crippen LogP contribution in [0.1, 0.15) is 34.1 Å². The number of likely N-dealkylation sites (N-methyl/N-ethyl adjacent to an activating group) is 1. The lowest BCUT2D eigenvalue weighted by Gasteiger charge is -2.39. The van der Waals surface area contributed by atoms with Crippen LogP contribution in [0.15, 0.2) is 0 Å². The Kier molecular flexibility index (Phi) is 5.95. The number of carbonyl (C=O) groups is 2. The van der Waals surface area contributed by atoms with Crippen LogP contribution in [0.4, 0.5) is 0 Å². The number of piperazine rings is 1. The van der Waals surface area contributed by atoms with Crippen LogP contribution < -0.4 is 16.0 Å². The van der Waals surface area contributed by atoms with Gasteiger partial charge in [-0.2, -0.15) is 0 Å². The fourth-order valence-corrected chi connectivity index (χ4v) is 2.27. The Morgan fingerprint density at radius 3 is 2.65 bits per heavy atom. The average molecular weight is 284 g/mol. The highest BCUT2D eigenvalue weighted by molar-refractivity contribution is 5.85. The minimum absolute atomic E-state index is 0.0207. The molecule has 1 saturated heterocycles. The molecule has 1 aliphatic heterocycles. The molecule has 0 aliphatic carbocycles. The molecule has 1 rings (SSSR count). The van der Waals surface area contributed by atoms with Crippen LogP contribution in [0.2, 0.25) is 0 Å². The van der Waals surface area contributed by atoms with E-state index >= 15 is 0 Å². The van der Waals surface area contributed by atoms with Crippen LogP contribution in [-0.2, 0) is 9.59 Å². The van der Waals surface area contributed by atoms with Crippen LogP contribution in [0.25, 0.3) is 0 Å². The van der Waals surface area contributed by atoms with Gasteiger partial charge in [-0.3, -0.25) is 14.5 Å². The van der Waals surface area contributed by atoms with Gasteiger partial charge in [0.25, 0.3) is 0 Å². The molecule has 6 heteroatoms. The number of carbonyl (C=O) groups excluding carboxylic acids is 2. The fraction of sp³-hybridized carbons (Fsp3) is 0.857. The minimum Gasteiger partial charge on any atom is -0.358 e. The maximum Gasteiger partial charge on any atom is 0.238 e. The minimum atomic E-state index is -0.315. The van der Waals surface area contributed by atoms with E-state index in [1.807, 2.05) is 32.6 Å². The molecule has 0 saturated carbocycles. The maximum absolute atomic E-state index is 12.4. The van der Waals surface area contributed by atoms with Crippen molar-refractivity contribution in [2.45, 2.75) is 51.7 Å². The summed E-state index contributed by atoms with van der Waals surface area (Å²) in [7, 11) is 1.63. The Labute approximate surface area is 121 Å². The molecule has 0 bridgehead atoms. The van der Waals surface area contributed by atoms with Gasteiger partial charge >= 0.3 is 0 Å². The van der Waals surface area contributed by atoms with Gasteiger partial charge in [0.1, 0.15) is 6.04 Å². The molecule has 0 aromatic heterocycles. The molecular formula is C14H28N4O2. The van der Waals surface area contributed by atoms with E-state index in [1.165, 1.54) is 0 Å². The summed E-state index contributed by atoms with van der Waals surface area (Å²) in [6.45, 7) is 9.98. The van der Waals surface area contributed by atoms with Crippen molar-refractivity contribution in [1.29, 1.82) is 0 Å². The lowest BCUT2D eigenvalue weighted by atomic mass is 10.0. The van der Waals surface area contributed by atoms with E-state index in [2.05, 4.69) is 16.0 Å². The third-order valence-electron chi connectivity index (χ3n) is 4.06. The molecule has 0 aromatic rings. The van der Waals surface area contributed by atoms with E-state index in [9.17, 15) is 9.59 Å². The second kappa shape index (κ2) is 7.04. The highest BCUT2D eigenvalue weighted by atomic mass is 16.2. The van der Waals surface area contributed by atoms with Gasteiger partial charge in [-0.05, 0) is 27.2 Å². The summed E-state index contributed by atoms with van der Waals surface area (Å²) >= 11 is 0. The molecule has 116 valence electrons. The molecule has 1 fully saturated rings. The highest BCUT2D eigenvalue weighted by Crippen LogP contribution is 2.12. The third-order valence-corrected chi connectivity index (χ3v) is 4.06. The lowest BCUT2D eigenvalue weighted by Crippen LogP contribution is -2.63. The van der Waals surface area contributed by atoms with Gasteiger partial charge in [0.05, 0.1) is 6.04 Å². The van der Waals surface area contributed by atoms with Crippen LogP contribution in [0.5, 0.6) is 0 Å². The monoisotopic (exact) mass is 284 g/mol. The van der Waals surface area contributed by atoms with Crippen LogP contribution in [0.3, 0.4) is 0 Å². The molecule has 3 N–H and O–H groups in total. The normalized spacial score (nSPS) is 22.1. The van der Waals surface area contributed by atoms with Gasteiger partial charge in [-0.25, -0.2) is 0 Å². The molecule has 1 aliphatic rings. The number of amides is 2. The number of nitrogens with one attached hydrogen (secondary N) is 3. The van der Waals surface area contributed by atoms with Crippen LogP contribution >= 0.6 is 0 Å². The molecule has 1 heterocycles. The Morgan fingerprint density at radius 1 is 1.45 bits per heavy atom. The largest absolute Gasteiger partial charge is 0.358 e. The Morgan fingerprint density at radius 2 is 2.10 bits per heavy atom. The molecule has 0 spiro atoms. The van der Waals surface area contributed by atoms with Gasteiger partial charge in [-0.1, -0.05) is 6.92 Å². The van der Waals surface area contributed by atoms with E-state index in [0.717, 1.165) is 13.0 Å². The summed E-state index contributed by atoms with van der Waals surface area (Å²) in [5.41, 5.74) is -0.220. The third kappa shape index (κ3) is 4.18. The first-order chi connectivity index (χ1) is 9.32. The summed E-state index contributed by atoms with van der Waals surface area (Å²) in [5.74, 6) is -0.0701. The molecule has 2 unspecified atom stereocenters. The van der Waals surface area contributed by atoms with Gasteiger partial charge in [0.15, 0.2) is 0 Å². The molecule has 0 radical (unpaired) electrons. The zero-order valence-electron chi connectivity index (χ0n) is 13.2. The van der Waals surface area contributed by atoms with Crippen molar-refractivity contribution in [3.8, 4) is 0 Å². The predicted molar refractivity (Wildman–Crippen MR) is 79.4 cm³/mol. The predicted octanol–water partition coefficient (Wildman–Crippen LogP) is -0.300. The Hall–Kier alpha value is -1.14. The SMILES string of the molecule is CCC(C)(C)NC(=O)C(C)N1CCNCC1C(=O)NC. The second-order valence-corrected chi connectivity index (χ2v) is 5.97. The van der Waals surface area contributed by atoms with Crippen molar-refractivity contribution >= 4 is 11.8 Å². The van der Waals surface area contributed by atoms with Crippen LogP contribution in [-0.4, -0.2) is 61.0 Å². The molecular weight excluding hydrogens is 256 g/mol. The van der Waals surface area contributed by atoms with Gasteiger partial charge in [0.2, 0.25) is 11.8 Å². The van der Waals surface area contributed by atoms with E-state index in [-0.39, 0.29) is 29.4 Å². The fourth-order valence-electron chi connectivity index (χ4n) is 2.27. The van der Waals surface area contributed by atoms with Gasteiger partial charge in [0, 0.05) is 32.2 Å². The second-order valence-electron chi connectivity index (χ2n) is 5.97. The highest BCUT2D eigenvalue weighted by Gasteiger charge is 2.35. The Balaban J connectivity index is 2.74. The summed E-state index contributed by atoms with van der Waals surface area (Å²) in [5, 5.41) is 8.91. The van der Waals surface area contributed by atoms with Crippen molar-refractivity contribution in [2.24, 2.45) is 0 Å². The topological polar surface area (TPSA) is 73.5 Å². The van der Waals surface area contributed by atoms with Crippen molar-refractivity contribution in [2.75, 3.05) is 26.7 Å². The van der Waals surface area contributed by atoms with Crippen LogP contribution in [0, 0.1) is 0 Å². The first-order valence-electron chi connectivity index (χ1n) is 7.32. The molecule has 0 aromatic carbocycles. The molecule has 2 amide bonds. The summed E-state index contributed by atoms with van der Waals surface area (Å²) in [6.07, 6.45) is 0.867. The lowest BCUT2D eigenvalue weighted by molar-refractivity contribution is -0.133. The zero-order valence-corrected chi connectivity index (χ0v) is 13.2. The van der Waals surface area contributed by atoms with Crippen molar-refractivity contribution in [3.63, 3.8) is 0 Å². The van der Waals surface area contributed by atoms with E-state index in [4.69, 9.17) is 0 Å². The van der Waals surface area contributed by atoms with Gasteiger partial charge in [-0.15, -0.1) is 0 Å². The molecule has 2 atom stereocenters. The van der Waals surface area contributed by atoms with E-state index in [0.29, 0.717) is 13.1 Å². The quantitative estimate of drug-likeness (QED) is 0.648. The smallest absolute Gasteiger partial charge is 0.238 e. The van der Waals surface area contributed by atoms with Gasteiger partial charge < -0.3 is 16.0 Å². The Bertz CT molecular complexity index is 357.